The second-order valence-electron chi connectivity index (χ2n) is 6.95. The Labute approximate surface area is 178 Å². The van der Waals surface area contributed by atoms with Crippen molar-refractivity contribution in [3.63, 3.8) is 0 Å². The fourth-order valence-corrected chi connectivity index (χ4v) is 3.97. The molecule has 29 heavy (non-hydrogen) atoms. The van der Waals surface area contributed by atoms with Crippen LogP contribution in [0.25, 0.3) is 11.3 Å². The van der Waals surface area contributed by atoms with Crippen molar-refractivity contribution in [2.45, 2.75) is 12.8 Å². The van der Waals surface area contributed by atoms with E-state index >= 15 is 0 Å². The van der Waals surface area contributed by atoms with E-state index in [2.05, 4.69) is 25.4 Å². The van der Waals surface area contributed by atoms with E-state index < -0.39 is 0 Å². The van der Waals surface area contributed by atoms with E-state index in [0.717, 1.165) is 36.5 Å². The van der Waals surface area contributed by atoms with Crippen LogP contribution in [0.4, 0.5) is 11.5 Å². The number of benzene rings is 1. The smallest absolute Gasteiger partial charge is 0.229 e. The number of hydrogen-bond acceptors (Lipinski definition) is 5. The normalized spacial score (nSPS) is 16.5. The van der Waals surface area contributed by atoms with E-state index in [4.69, 9.17) is 23.2 Å². The van der Waals surface area contributed by atoms with Gasteiger partial charge in [0, 0.05) is 46.8 Å². The zero-order valence-electron chi connectivity index (χ0n) is 15.6. The number of nitrogens with zero attached hydrogens (tertiary/aromatic N) is 4. The molecule has 8 heteroatoms. The van der Waals surface area contributed by atoms with Crippen molar-refractivity contribution >= 4 is 40.6 Å². The van der Waals surface area contributed by atoms with Gasteiger partial charge in [0.25, 0.3) is 0 Å². The first kappa shape index (κ1) is 19.6. The van der Waals surface area contributed by atoms with Crippen molar-refractivity contribution in [3.8, 4) is 11.3 Å². The van der Waals surface area contributed by atoms with Gasteiger partial charge in [0.2, 0.25) is 5.91 Å². The summed E-state index contributed by atoms with van der Waals surface area (Å²) in [5.74, 6) is 0.573. The van der Waals surface area contributed by atoms with Crippen LogP contribution >= 0.6 is 23.2 Å². The molecule has 6 nitrogen and oxygen atoms in total. The van der Waals surface area contributed by atoms with Crippen LogP contribution in [0.1, 0.15) is 12.8 Å². The highest BCUT2D eigenvalue weighted by atomic mass is 35.5. The number of halogens is 2. The molecule has 3 aromatic rings. The van der Waals surface area contributed by atoms with Gasteiger partial charge in [-0.15, -0.1) is 10.2 Å². The molecule has 0 aliphatic carbocycles. The van der Waals surface area contributed by atoms with Gasteiger partial charge in [-0.3, -0.25) is 9.78 Å². The Bertz CT molecular complexity index is 977. The second kappa shape index (κ2) is 8.76. The maximum atomic E-state index is 12.7. The number of pyridine rings is 1. The topological polar surface area (TPSA) is 71.0 Å². The molecule has 1 atom stereocenters. The molecule has 0 saturated carbocycles. The summed E-state index contributed by atoms with van der Waals surface area (Å²) < 4.78 is 0. The molecule has 4 rings (SSSR count). The maximum absolute atomic E-state index is 12.7. The lowest BCUT2D eigenvalue weighted by Gasteiger charge is -2.32. The molecule has 0 spiro atoms. The number of carbonyl (C=O) groups excluding carboxylic acids is 1. The predicted octanol–water partition coefficient (Wildman–Crippen LogP) is 4.70. The molecule has 2 aromatic heterocycles. The number of amides is 1. The lowest BCUT2D eigenvalue weighted by molar-refractivity contribution is -0.120. The van der Waals surface area contributed by atoms with E-state index in [1.54, 1.807) is 30.6 Å². The number of aromatic nitrogens is 3. The highest BCUT2D eigenvalue weighted by Crippen LogP contribution is 2.26. The summed E-state index contributed by atoms with van der Waals surface area (Å²) in [6.07, 6.45) is 5.18. The van der Waals surface area contributed by atoms with Crippen LogP contribution in [-0.2, 0) is 4.79 Å². The zero-order valence-corrected chi connectivity index (χ0v) is 17.1. The molecule has 1 amide bonds. The molecule has 1 N–H and O–H groups in total. The standard InChI is InChI=1S/C21H19Cl2N5O/c22-16-10-17(23)12-18(11-16)25-21(29)15-2-1-9-28(13-15)20-4-3-19(26-27-20)14-5-7-24-8-6-14/h3-8,10-12,15H,1-2,9,13H2,(H,25,29). The van der Waals surface area contributed by atoms with Crippen LogP contribution in [-0.4, -0.2) is 34.2 Å². The number of anilines is 2. The summed E-state index contributed by atoms with van der Waals surface area (Å²) in [5, 5.41) is 12.6. The first-order valence-corrected chi connectivity index (χ1v) is 10.1. The molecule has 1 unspecified atom stereocenters. The Kier molecular flexibility index (Phi) is 5.92. The largest absolute Gasteiger partial charge is 0.354 e. The summed E-state index contributed by atoms with van der Waals surface area (Å²) in [7, 11) is 0. The van der Waals surface area contributed by atoms with Gasteiger partial charge in [0.05, 0.1) is 11.6 Å². The molecular weight excluding hydrogens is 409 g/mol. The van der Waals surface area contributed by atoms with E-state index in [1.807, 2.05) is 24.3 Å². The van der Waals surface area contributed by atoms with Gasteiger partial charge in [-0.25, -0.2) is 0 Å². The van der Waals surface area contributed by atoms with Crippen molar-refractivity contribution in [1.82, 2.24) is 15.2 Å². The second-order valence-corrected chi connectivity index (χ2v) is 7.82. The highest BCUT2D eigenvalue weighted by Gasteiger charge is 2.27. The minimum Gasteiger partial charge on any atom is -0.354 e. The monoisotopic (exact) mass is 427 g/mol. The number of rotatable bonds is 4. The molecule has 3 heterocycles. The molecule has 1 aromatic carbocycles. The summed E-state index contributed by atoms with van der Waals surface area (Å²) in [4.78, 5) is 18.9. The first-order chi connectivity index (χ1) is 14.1. The van der Waals surface area contributed by atoms with Crippen molar-refractivity contribution in [2.24, 2.45) is 5.92 Å². The van der Waals surface area contributed by atoms with Crippen molar-refractivity contribution in [2.75, 3.05) is 23.3 Å². The van der Waals surface area contributed by atoms with Crippen LogP contribution in [0, 0.1) is 5.92 Å². The van der Waals surface area contributed by atoms with Crippen molar-refractivity contribution in [3.05, 3.63) is 64.9 Å². The molecule has 1 saturated heterocycles. The van der Waals surface area contributed by atoms with Gasteiger partial charge in [-0.05, 0) is 55.3 Å². The van der Waals surface area contributed by atoms with E-state index in [0.29, 0.717) is 22.3 Å². The molecular formula is C21H19Cl2N5O. The van der Waals surface area contributed by atoms with E-state index in [-0.39, 0.29) is 11.8 Å². The Balaban J connectivity index is 1.43. The van der Waals surface area contributed by atoms with Gasteiger partial charge >= 0.3 is 0 Å². The molecule has 0 radical (unpaired) electrons. The number of hydrogen-bond donors (Lipinski definition) is 1. The minimum absolute atomic E-state index is 0.0469. The third kappa shape index (κ3) is 4.83. The van der Waals surface area contributed by atoms with Crippen molar-refractivity contribution < 1.29 is 4.79 Å². The predicted molar refractivity (Wildman–Crippen MR) is 115 cm³/mol. The van der Waals surface area contributed by atoms with E-state index in [1.165, 1.54) is 0 Å². The Morgan fingerprint density at radius 2 is 1.79 bits per heavy atom. The highest BCUT2D eigenvalue weighted by molar-refractivity contribution is 6.35. The van der Waals surface area contributed by atoms with Gasteiger partial charge in [-0.2, -0.15) is 0 Å². The Hall–Kier alpha value is -2.70. The fraction of sp³-hybridized carbons (Fsp3) is 0.238. The minimum atomic E-state index is -0.150. The molecule has 1 aliphatic rings. The average Bonchev–Trinajstić information content (AvgIpc) is 2.74. The molecule has 148 valence electrons. The Morgan fingerprint density at radius 3 is 2.48 bits per heavy atom. The number of nitrogens with one attached hydrogen (secondary N) is 1. The summed E-state index contributed by atoms with van der Waals surface area (Å²) in [6, 6.07) is 12.7. The van der Waals surface area contributed by atoms with Crippen LogP contribution in [0.2, 0.25) is 10.0 Å². The maximum Gasteiger partial charge on any atom is 0.229 e. The molecule has 1 fully saturated rings. The Morgan fingerprint density at radius 1 is 1.03 bits per heavy atom. The summed E-state index contributed by atoms with van der Waals surface area (Å²) >= 11 is 12.0. The average molecular weight is 428 g/mol. The lowest BCUT2D eigenvalue weighted by atomic mass is 9.97. The van der Waals surface area contributed by atoms with E-state index in [9.17, 15) is 4.79 Å². The van der Waals surface area contributed by atoms with Crippen LogP contribution in [0.3, 0.4) is 0 Å². The lowest BCUT2D eigenvalue weighted by Crippen LogP contribution is -2.41. The van der Waals surface area contributed by atoms with Gasteiger partial charge in [0.1, 0.15) is 0 Å². The SMILES string of the molecule is O=C(Nc1cc(Cl)cc(Cl)c1)C1CCCN(c2ccc(-c3ccncc3)nn2)C1. The third-order valence-corrected chi connectivity index (χ3v) is 5.31. The fourth-order valence-electron chi connectivity index (χ4n) is 3.44. The third-order valence-electron chi connectivity index (χ3n) is 4.87. The zero-order chi connectivity index (χ0) is 20.2. The quantitative estimate of drug-likeness (QED) is 0.652. The summed E-state index contributed by atoms with van der Waals surface area (Å²) in [5.41, 5.74) is 2.36. The van der Waals surface area contributed by atoms with Gasteiger partial charge in [-0.1, -0.05) is 23.2 Å². The summed E-state index contributed by atoms with van der Waals surface area (Å²) in [6.45, 7) is 1.43. The van der Waals surface area contributed by atoms with Crippen LogP contribution in [0.5, 0.6) is 0 Å². The van der Waals surface area contributed by atoms with Crippen LogP contribution in [0.15, 0.2) is 54.9 Å². The molecule has 1 aliphatic heterocycles. The number of piperidine rings is 1. The van der Waals surface area contributed by atoms with Crippen molar-refractivity contribution in [1.29, 1.82) is 0 Å². The first-order valence-electron chi connectivity index (χ1n) is 9.34. The van der Waals surface area contributed by atoms with Gasteiger partial charge in [0.15, 0.2) is 5.82 Å². The van der Waals surface area contributed by atoms with Crippen LogP contribution < -0.4 is 10.2 Å². The number of carbonyl (C=O) groups is 1. The molecule has 0 bridgehead atoms. The van der Waals surface area contributed by atoms with Gasteiger partial charge < -0.3 is 10.2 Å².